The maximum absolute atomic E-state index is 9.35. The third kappa shape index (κ3) is 2.15. The number of hydrogen-bond acceptors (Lipinski definition) is 3. The Bertz CT molecular complexity index is 463. The number of fused-ring (bicyclic) bond motifs is 2. The number of benzene rings is 1. The second-order valence-electron chi connectivity index (χ2n) is 7.14. The fraction of sp³-hybridized carbons (Fsp3) is 0.625. The molecule has 3 heteroatoms. The van der Waals surface area contributed by atoms with Gasteiger partial charge in [-0.1, -0.05) is 32.9 Å². The van der Waals surface area contributed by atoms with Gasteiger partial charge in [-0.3, -0.25) is 4.90 Å². The lowest BCUT2D eigenvalue weighted by atomic mass is 9.74. The van der Waals surface area contributed by atoms with E-state index in [1.54, 1.807) is 12.1 Å². The molecule has 0 aromatic heterocycles. The molecule has 0 amide bonds. The van der Waals surface area contributed by atoms with Crippen molar-refractivity contribution >= 4 is 0 Å². The van der Waals surface area contributed by atoms with E-state index in [2.05, 4.69) is 31.0 Å². The molecule has 0 unspecified atom stereocenters. The predicted molar refractivity (Wildman–Crippen MR) is 77.1 cm³/mol. The summed E-state index contributed by atoms with van der Waals surface area (Å²) in [5.41, 5.74) is 1.86. The zero-order chi connectivity index (χ0) is 13.7. The molecule has 2 N–H and O–H groups in total. The molecule has 1 aromatic rings. The van der Waals surface area contributed by atoms with Gasteiger partial charge in [0.05, 0.1) is 0 Å². The van der Waals surface area contributed by atoms with Gasteiger partial charge in [-0.25, -0.2) is 0 Å². The third-order valence-electron chi connectivity index (χ3n) is 5.01. The van der Waals surface area contributed by atoms with Crippen LogP contribution in [0.15, 0.2) is 24.3 Å². The summed E-state index contributed by atoms with van der Waals surface area (Å²) < 4.78 is 0. The largest absolute Gasteiger partial charge is 0.508 e. The van der Waals surface area contributed by atoms with Gasteiger partial charge < -0.3 is 10.4 Å². The minimum Gasteiger partial charge on any atom is -0.508 e. The van der Waals surface area contributed by atoms with Crippen molar-refractivity contribution in [2.75, 3.05) is 13.1 Å². The van der Waals surface area contributed by atoms with Crippen molar-refractivity contribution in [2.45, 2.75) is 45.3 Å². The molecule has 3 nitrogen and oxygen atoms in total. The van der Waals surface area contributed by atoms with E-state index in [1.807, 2.05) is 12.1 Å². The Hall–Kier alpha value is -1.06. The second kappa shape index (κ2) is 4.22. The summed E-state index contributed by atoms with van der Waals surface area (Å²) in [5.74, 6) is 0.347. The van der Waals surface area contributed by atoms with Crippen LogP contribution < -0.4 is 5.32 Å². The Morgan fingerprint density at radius 3 is 2.58 bits per heavy atom. The van der Waals surface area contributed by atoms with Crippen molar-refractivity contribution in [1.82, 2.24) is 10.2 Å². The average Bonchev–Trinajstić information content (AvgIpc) is 2.90. The monoisotopic (exact) mass is 260 g/mol. The first kappa shape index (κ1) is 12.9. The summed E-state index contributed by atoms with van der Waals surface area (Å²) in [5, 5.41) is 13.1. The fourth-order valence-corrected chi connectivity index (χ4v) is 3.54. The van der Waals surface area contributed by atoms with E-state index in [4.69, 9.17) is 0 Å². The van der Waals surface area contributed by atoms with Crippen molar-refractivity contribution in [2.24, 2.45) is 5.41 Å². The van der Waals surface area contributed by atoms with E-state index in [0.29, 0.717) is 17.2 Å². The van der Waals surface area contributed by atoms with Gasteiger partial charge in [0, 0.05) is 31.2 Å². The zero-order valence-electron chi connectivity index (χ0n) is 12.1. The van der Waals surface area contributed by atoms with Crippen LogP contribution in [0.3, 0.4) is 0 Å². The lowest BCUT2D eigenvalue weighted by Crippen LogP contribution is -2.57. The molecule has 2 fully saturated rings. The molecule has 2 bridgehead atoms. The van der Waals surface area contributed by atoms with Crippen LogP contribution in [0.25, 0.3) is 0 Å². The highest BCUT2D eigenvalue weighted by atomic mass is 16.3. The normalized spacial score (nSPS) is 31.0. The van der Waals surface area contributed by atoms with Gasteiger partial charge in [0.2, 0.25) is 0 Å². The highest BCUT2D eigenvalue weighted by Crippen LogP contribution is 2.44. The van der Waals surface area contributed by atoms with Crippen LogP contribution in [0, 0.1) is 5.41 Å². The highest BCUT2D eigenvalue weighted by molar-refractivity contribution is 5.26. The smallest absolute Gasteiger partial charge is 0.115 e. The third-order valence-corrected chi connectivity index (χ3v) is 5.01. The van der Waals surface area contributed by atoms with Gasteiger partial charge >= 0.3 is 0 Å². The van der Waals surface area contributed by atoms with Crippen LogP contribution in [0.5, 0.6) is 5.75 Å². The number of phenols is 1. The molecule has 2 aliphatic heterocycles. The number of piperazine rings is 1. The maximum atomic E-state index is 9.35. The van der Waals surface area contributed by atoms with Gasteiger partial charge in [-0.2, -0.15) is 0 Å². The first-order chi connectivity index (χ1) is 8.90. The topological polar surface area (TPSA) is 35.5 Å². The van der Waals surface area contributed by atoms with Crippen LogP contribution in [0.2, 0.25) is 0 Å². The van der Waals surface area contributed by atoms with Crippen molar-refractivity contribution < 1.29 is 5.11 Å². The van der Waals surface area contributed by atoms with Gasteiger partial charge in [0.1, 0.15) is 5.75 Å². The molecule has 3 rings (SSSR count). The van der Waals surface area contributed by atoms with Crippen LogP contribution >= 0.6 is 0 Å². The molecular formula is C16H24N2O. The Kier molecular flexibility index (Phi) is 2.88. The summed E-state index contributed by atoms with van der Waals surface area (Å²) in [4.78, 5) is 2.59. The Morgan fingerprint density at radius 2 is 2.00 bits per heavy atom. The first-order valence-corrected chi connectivity index (χ1v) is 7.17. The molecule has 0 radical (unpaired) electrons. The maximum Gasteiger partial charge on any atom is 0.115 e. The van der Waals surface area contributed by atoms with E-state index >= 15 is 0 Å². The first-order valence-electron chi connectivity index (χ1n) is 7.17. The SMILES string of the molecule is CC(C)(C)[C@]12C[C@@H](CN1)N(Cc1ccc(O)cc1)C2. The highest BCUT2D eigenvalue weighted by Gasteiger charge is 2.54. The molecule has 0 aliphatic carbocycles. The summed E-state index contributed by atoms with van der Waals surface area (Å²) >= 11 is 0. The molecule has 2 aliphatic rings. The van der Waals surface area contributed by atoms with Crippen molar-refractivity contribution in [1.29, 1.82) is 0 Å². The summed E-state index contributed by atoms with van der Waals surface area (Å²) in [7, 11) is 0. The Labute approximate surface area is 115 Å². The van der Waals surface area contributed by atoms with E-state index in [0.717, 1.165) is 19.6 Å². The van der Waals surface area contributed by atoms with Gasteiger partial charge in [-0.15, -0.1) is 0 Å². The van der Waals surface area contributed by atoms with E-state index in [1.165, 1.54) is 12.0 Å². The Balaban J connectivity index is 1.74. The van der Waals surface area contributed by atoms with Crippen molar-refractivity contribution in [3.05, 3.63) is 29.8 Å². The van der Waals surface area contributed by atoms with E-state index < -0.39 is 0 Å². The molecule has 19 heavy (non-hydrogen) atoms. The minimum absolute atomic E-state index is 0.272. The number of nitrogens with one attached hydrogen (secondary N) is 1. The number of nitrogens with zero attached hydrogens (tertiary/aromatic N) is 1. The van der Waals surface area contributed by atoms with E-state index in [9.17, 15) is 5.11 Å². The molecule has 1 aromatic carbocycles. The summed E-state index contributed by atoms with van der Waals surface area (Å²) in [6.45, 7) is 10.2. The van der Waals surface area contributed by atoms with E-state index in [-0.39, 0.29) is 5.54 Å². The van der Waals surface area contributed by atoms with Gasteiger partial charge in [0.15, 0.2) is 0 Å². The Morgan fingerprint density at radius 1 is 1.32 bits per heavy atom. The van der Waals surface area contributed by atoms with Crippen LogP contribution in [0.1, 0.15) is 32.8 Å². The van der Waals surface area contributed by atoms with Gasteiger partial charge in [-0.05, 0) is 29.5 Å². The fourth-order valence-electron chi connectivity index (χ4n) is 3.54. The van der Waals surface area contributed by atoms with Crippen molar-refractivity contribution in [3.8, 4) is 5.75 Å². The van der Waals surface area contributed by atoms with Crippen molar-refractivity contribution in [3.63, 3.8) is 0 Å². The zero-order valence-corrected chi connectivity index (χ0v) is 12.1. The standard InChI is InChI=1S/C16H24N2O/c1-15(2,3)16-8-13(9-17-16)18(11-16)10-12-4-6-14(19)7-5-12/h4-7,13,17,19H,8-11H2,1-3H3/t13-,16+/m0/s1. The summed E-state index contributed by atoms with van der Waals surface area (Å²) in [6, 6.07) is 8.27. The average molecular weight is 260 g/mol. The quantitative estimate of drug-likeness (QED) is 0.857. The minimum atomic E-state index is 0.272. The molecule has 2 saturated heterocycles. The lowest BCUT2D eigenvalue weighted by Gasteiger charge is -2.43. The molecule has 0 spiro atoms. The number of phenolic OH excluding ortho intramolecular Hbond substituents is 1. The molecule has 104 valence electrons. The van der Waals surface area contributed by atoms with Crippen LogP contribution in [-0.4, -0.2) is 34.7 Å². The predicted octanol–water partition coefficient (Wildman–Crippen LogP) is 2.35. The summed E-state index contributed by atoms with van der Waals surface area (Å²) in [6.07, 6.45) is 1.26. The molecule has 2 atom stereocenters. The number of aromatic hydroxyl groups is 1. The number of hydrogen-bond donors (Lipinski definition) is 2. The lowest BCUT2D eigenvalue weighted by molar-refractivity contribution is 0.116. The molecule has 0 saturated carbocycles. The van der Waals surface area contributed by atoms with Crippen LogP contribution in [0.4, 0.5) is 0 Å². The van der Waals surface area contributed by atoms with Gasteiger partial charge in [0.25, 0.3) is 0 Å². The molecule has 2 heterocycles. The number of rotatable bonds is 2. The molecular weight excluding hydrogens is 236 g/mol. The second-order valence-corrected chi connectivity index (χ2v) is 7.14. The number of likely N-dealkylation sites (tertiary alicyclic amines) is 1. The van der Waals surface area contributed by atoms with Crippen LogP contribution in [-0.2, 0) is 6.54 Å².